The van der Waals surface area contributed by atoms with Crippen molar-refractivity contribution in [3.05, 3.63) is 28.7 Å². The predicted octanol–water partition coefficient (Wildman–Crippen LogP) is 4.32. The van der Waals surface area contributed by atoms with Crippen LogP contribution in [0.5, 0.6) is 0 Å². The van der Waals surface area contributed by atoms with E-state index in [1.165, 1.54) is 28.0 Å². The van der Waals surface area contributed by atoms with Gasteiger partial charge in [0.25, 0.3) is 0 Å². The molecule has 0 spiro atoms. The van der Waals surface area contributed by atoms with E-state index in [2.05, 4.69) is 59.4 Å². The Bertz CT molecular complexity index is 304. The van der Waals surface area contributed by atoms with E-state index < -0.39 is 0 Å². The first-order valence-electron chi connectivity index (χ1n) is 5.84. The molecule has 3 heteroatoms. The van der Waals surface area contributed by atoms with E-state index in [9.17, 15) is 0 Å². The lowest BCUT2D eigenvalue weighted by Gasteiger charge is -2.12. The molecule has 0 amide bonds. The minimum absolute atomic E-state index is 0.620. The van der Waals surface area contributed by atoms with Gasteiger partial charge in [0.2, 0.25) is 0 Å². The van der Waals surface area contributed by atoms with Gasteiger partial charge in [0, 0.05) is 15.4 Å². The van der Waals surface area contributed by atoms with Crippen molar-refractivity contribution in [2.24, 2.45) is 0 Å². The van der Waals surface area contributed by atoms with Crippen LogP contribution in [0.15, 0.2) is 33.6 Å². The van der Waals surface area contributed by atoms with Crippen LogP contribution in [0.25, 0.3) is 0 Å². The molecule has 0 saturated carbocycles. The molecule has 1 N–H and O–H groups in total. The summed E-state index contributed by atoms with van der Waals surface area (Å²) in [6.45, 7) is 5.59. The third-order valence-corrected chi connectivity index (χ3v) is 4.45. The van der Waals surface area contributed by atoms with Crippen LogP contribution in [0.4, 0.5) is 0 Å². The quantitative estimate of drug-likeness (QED) is 0.753. The van der Waals surface area contributed by atoms with E-state index >= 15 is 0 Å². The Balaban J connectivity index is 2.23. The van der Waals surface area contributed by atoms with Crippen molar-refractivity contribution in [1.82, 2.24) is 5.32 Å². The van der Waals surface area contributed by atoms with Crippen LogP contribution in [0.3, 0.4) is 0 Å². The summed E-state index contributed by atoms with van der Waals surface area (Å²) in [5, 5.41) is 3.51. The molecule has 0 saturated heterocycles. The molecule has 0 radical (unpaired) electrons. The van der Waals surface area contributed by atoms with Crippen molar-refractivity contribution in [2.45, 2.75) is 37.6 Å². The molecular weight excluding hydrogens is 282 g/mol. The number of nitrogens with one attached hydrogen (secondary N) is 1. The highest BCUT2D eigenvalue weighted by Crippen LogP contribution is 2.27. The maximum atomic E-state index is 3.57. The van der Waals surface area contributed by atoms with Crippen LogP contribution in [0, 0.1) is 0 Å². The summed E-state index contributed by atoms with van der Waals surface area (Å²) in [6, 6.07) is 9.03. The van der Waals surface area contributed by atoms with E-state index in [-0.39, 0.29) is 0 Å². The summed E-state index contributed by atoms with van der Waals surface area (Å²) in [5.41, 5.74) is 0. The van der Waals surface area contributed by atoms with Crippen LogP contribution in [-0.4, -0.2) is 18.3 Å². The zero-order valence-corrected chi connectivity index (χ0v) is 12.4. The van der Waals surface area contributed by atoms with Gasteiger partial charge < -0.3 is 5.32 Å². The van der Waals surface area contributed by atoms with Crippen molar-refractivity contribution in [2.75, 3.05) is 12.3 Å². The highest BCUT2D eigenvalue weighted by molar-refractivity contribution is 9.10. The molecule has 0 aliphatic rings. The summed E-state index contributed by atoms with van der Waals surface area (Å²) < 4.78 is 1.20. The molecule has 0 aliphatic heterocycles. The van der Waals surface area contributed by atoms with Gasteiger partial charge in [0.05, 0.1) is 0 Å². The molecule has 1 nitrogen and oxygen atoms in total. The average Bonchev–Trinajstić information content (AvgIpc) is 2.29. The fourth-order valence-electron chi connectivity index (χ4n) is 1.40. The first kappa shape index (κ1) is 14.1. The Morgan fingerprint density at radius 2 is 2.12 bits per heavy atom. The van der Waals surface area contributed by atoms with E-state index in [0.29, 0.717) is 6.04 Å². The summed E-state index contributed by atoms with van der Waals surface area (Å²) in [4.78, 5) is 1.34. The lowest BCUT2D eigenvalue weighted by molar-refractivity contribution is 0.536. The van der Waals surface area contributed by atoms with Gasteiger partial charge >= 0.3 is 0 Å². The summed E-state index contributed by atoms with van der Waals surface area (Å²) in [6.07, 6.45) is 2.42. The molecule has 1 aromatic rings. The molecular formula is C13H20BrNS. The largest absolute Gasteiger partial charge is 0.314 e. The third-order valence-electron chi connectivity index (χ3n) is 2.39. The lowest BCUT2D eigenvalue weighted by atomic mass is 10.2. The van der Waals surface area contributed by atoms with Gasteiger partial charge in [-0.2, -0.15) is 0 Å². The zero-order valence-electron chi connectivity index (χ0n) is 10.0. The van der Waals surface area contributed by atoms with E-state index in [1.807, 2.05) is 11.8 Å². The molecule has 1 unspecified atom stereocenters. The summed E-state index contributed by atoms with van der Waals surface area (Å²) in [7, 11) is 0. The Morgan fingerprint density at radius 1 is 1.38 bits per heavy atom. The van der Waals surface area contributed by atoms with Crippen LogP contribution in [-0.2, 0) is 0 Å². The van der Waals surface area contributed by atoms with Crippen molar-refractivity contribution in [1.29, 1.82) is 0 Å². The van der Waals surface area contributed by atoms with Crippen LogP contribution in [0.1, 0.15) is 26.7 Å². The smallest absolute Gasteiger partial charge is 0.0311 e. The van der Waals surface area contributed by atoms with Gasteiger partial charge in [0.1, 0.15) is 0 Å². The van der Waals surface area contributed by atoms with Crippen molar-refractivity contribution in [3.8, 4) is 0 Å². The number of benzene rings is 1. The fraction of sp³-hybridized carbons (Fsp3) is 0.538. The molecule has 1 rings (SSSR count). The SMILES string of the molecule is CCCNC(C)CCSc1ccccc1Br. The minimum atomic E-state index is 0.620. The van der Waals surface area contributed by atoms with Crippen molar-refractivity contribution >= 4 is 27.7 Å². The molecule has 0 bridgehead atoms. The molecule has 90 valence electrons. The number of halogens is 1. The second kappa shape index (κ2) is 8.15. The molecule has 0 aromatic heterocycles. The molecule has 16 heavy (non-hydrogen) atoms. The van der Waals surface area contributed by atoms with Crippen LogP contribution < -0.4 is 5.32 Å². The van der Waals surface area contributed by atoms with Gasteiger partial charge in [-0.05, 0) is 60.1 Å². The number of hydrogen-bond donors (Lipinski definition) is 1. The minimum Gasteiger partial charge on any atom is -0.314 e. The zero-order chi connectivity index (χ0) is 11.8. The predicted molar refractivity (Wildman–Crippen MR) is 77.2 cm³/mol. The summed E-state index contributed by atoms with van der Waals surface area (Å²) in [5.74, 6) is 1.17. The van der Waals surface area contributed by atoms with Gasteiger partial charge in [-0.15, -0.1) is 11.8 Å². The number of hydrogen-bond acceptors (Lipinski definition) is 2. The van der Waals surface area contributed by atoms with Crippen LogP contribution in [0.2, 0.25) is 0 Å². The first-order valence-corrected chi connectivity index (χ1v) is 7.62. The first-order chi connectivity index (χ1) is 7.74. The van der Waals surface area contributed by atoms with Crippen molar-refractivity contribution in [3.63, 3.8) is 0 Å². The second-order valence-corrected chi connectivity index (χ2v) is 5.91. The number of thioether (sulfide) groups is 1. The lowest BCUT2D eigenvalue weighted by Crippen LogP contribution is -2.27. The van der Waals surface area contributed by atoms with Gasteiger partial charge in [-0.3, -0.25) is 0 Å². The Hall–Kier alpha value is 0.01000. The normalized spacial score (nSPS) is 12.7. The van der Waals surface area contributed by atoms with Gasteiger partial charge in [-0.1, -0.05) is 19.1 Å². The van der Waals surface area contributed by atoms with E-state index in [1.54, 1.807) is 0 Å². The van der Waals surface area contributed by atoms with Gasteiger partial charge in [0.15, 0.2) is 0 Å². The topological polar surface area (TPSA) is 12.0 Å². The Morgan fingerprint density at radius 3 is 2.81 bits per heavy atom. The molecule has 0 fully saturated rings. The van der Waals surface area contributed by atoms with Crippen LogP contribution >= 0.6 is 27.7 Å². The highest BCUT2D eigenvalue weighted by atomic mass is 79.9. The molecule has 1 atom stereocenters. The monoisotopic (exact) mass is 301 g/mol. The maximum Gasteiger partial charge on any atom is 0.0311 e. The Kier molecular flexibility index (Phi) is 7.17. The maximum absolute atomic E-state index is 3.57. The van der Waals surface area contributed by atoms with Gasteiger partial charge in [-0.25, -0.2) is 0 Å². The average molecular weight is 302 g/mol. The Labute approximate surface area is 112 Å². The van der Waals surface area contributed by atoms with E-state index in [0.717, 1.165) is 6.54 Å². The highest BCUT2D eigenvalue weighted by Gasteiger charge is 2.02. The van der Waals surface area contributed by atoms with E-state index in [4.69, 9.17) is 0 Å². The summed E-state index contributed by atoms with van der Waals surface area (Å²) >= 11 is 5.49. The molecule has 1 aromatic carbocycles. The molecule has 0 heterocycles. The third kappa shape index (κ3) is 5.37. The van der Waals surface area contributed by atoms with Crippen molar-refractivity contribution < 1.29 is 0 Å². The second-order valence-electron chi connectivity index (χ2n) is 3.92. The fourth-order valence-corrected chi connectivity index (χ4v) is 3.10. The number of rotatable bonds is 7. The standard InChI is InChI=1S/C13H20BrNS/c1-3-9-15-11(2)8-10-16-13-7-5-4-6-12(13)14/h4-7,11,15H,3,8-10H2,1-2H3. The molecule has 0 aliphatic carbocycles.